The fourth-order valence-corrected chi connectivity index (χ4v) is 2.06. The first-order valence-electron chi connectivity index (χ1n) is 8.16. The van der Waals surface area contributed by atoms with Crippen LogP contribution in [0.2, 0.25) is 0 Å². The van der Waals surface area contributed by atoms with E-state index >= 15 is 0 Å². The molecule has 146 valence electrons. The summed E-state index contributed by atoms with van der Waals surface area (Å²) >= 11 is 0. The van der Waals surface area contributed by atoms with Crippen LogP contribution in [0.5, 0.6) is 0 Å². The molecule has 0 saturated carbocycles. The molecule has 9 heteroatoms. The van der Waals surface area contributed by atoms with Crippen molar-refractivity contribution in [2.24, 2.45) is 4.99 Å². The number of rotatable bonds is 3. The van der Waals surface area contributed by atoms with Gasteiger partial charge in [0, 0.05) is 25.7 Å². The van der Waals surface area contributed by atoms with Gasteiger partial charge in [0.25, 0.3) is 0 Å². The molecule has 0 unspecified atom stereocenters. The van der Waals surface area contributed by atoms with Crippen LogP contribution < -0.4 is 16.0 Å². The second-order valence-electron chi connectivity index (χ2n) is 7.95. The van der Waals surface area contributed by atoms with Gasteiger partial charge in [-0.05, 0) is 41.5 Å². The number of carbonyl (C=O) groups is 2. The predicted octanol–water partition coefficient (Wildman–Crippen LogP) is 1.30. The summed E-state index contributed by atoms with van der Waals surface area (Å²) in [6.45, 7) is 12.5. The molecule has 1 heterocycles. The Morgan fingerprint density at radius 1 is 1.16 bits per heavy atom. The molecule has 1 aliphatic heterocycles. The minimum absolute atomic E-state index is 0. The standard InChI is InChI=1S/C16H31N5O3.HI/c1-15(2,3)20-12(22)8-18-13(17-7)19-11-9-21(10-11)14(23)24-16(4,5)6;/h11H,8-10H2,1-7H3,(H,20,22)(H2,17,18,19);1H. The quantitative estimate of drug-likeness (QED) is 0.329. The Hall–Kier alpha value is -1.26. The van der Waals surface area contributed by atoms with Gasteiger partial charge in [-0.15, -0.1) is 24.0 Å². The lowest BCUT2D eigenvalue weighted by Gasteiger charge is -2.40. The Balaban J connectivity index is 0.00000576. The average Bonchev–Trinajstić information content (AvgIpc) is 2.32. The summed E-state index contributed by atoms with van der Waals surface area (Å²) in [7, 11) is 1.64. The zero-order valence-corrected chi connectivity index (χ0v) is 18.6. The first kappa shape index (κ1) is 23.7. The third kappa shape index (κ3) is 9.71. The number of hydrogen-bond acceptors (Lipinski definition) is 4. The fourth-order valence-electron chi connectivity index (χ4n) is 2.06. The monoisotopic (exact) mass is 469 g/mol. The summed E-state index contributed by atoms with van der Waals surface area (Å²) in [5.74, 6) is 0.433. The molecule has 25 heavy (non-hydrogen) atoms. The van der Waals surface area contributed by atoms with E-state index in [9.17, 15) is 9.59 Å². The van der Waals surface area contributed by atoms with Crippen molar-refractivity contribution in [3.63, 3.8) is 0 Å². The number of hydrogen-bond donors (Lipinski definition) is 3. The van der Waals surface area contributed by atoms with E-state index in [1.54, 1.807) is 11.9 Å². The number of ether oxygens (including phenoxy) is 1. The molecule has 0 radical (unpaired) electrons. The highest BCUT2D eigenvalue weighted by Crippen LogP contribution is 2.15. The van der Waals surface area contributed by atoms with Crippen LogP contribution in [0.4, 0.5) is 4.79 Å². The van der Waals surface area contributed by atoms with Gasteiger partial charge in [-0.1, -0.05) is 0 Å². The molecule has 3 N–H and O–H groups in total. The zero-order chi connectivity index (χ0) is 18.5. The van der Waals surface area contributed by atoms with Crippen molar-refractivity contribution in [1.82, 2.24) is 20.9 Å². The Morgan fingerprint density at radius 3 is 2.16 bits per heavy atom. The summed E-state index contributed by atoms with van der Waals surface area (Å²) in [5.41, 5.74) is -0.759. The van der Waals surface area contributed by atoms with Gasteiger partial charge in [-0.25, -0.2) is 4.79 Å². The van der Waals surface area contributed by atoms with E-state index in [-0.39, 0.29) is 54.1 Å². The molecular formula is C16H32IN5O3. The lowest BCUT2D eigenvalue weighted by Crippen LogP contribution is -2.63. The molecule has 1 fully saturated rings. The molecule has 0 spiro atoms. The average molecular weight is 469 g/mol. The maximum atomic E-state index is 11.9. The van der Waals surface area contributed by atoms with E-state index in [2.05, 4.69) is 20.9 Å². The third-order valence-corrected chi connectivity index (χ3v) is 3.03. The van der Waals surface area contributed by atoms with Gasteiger partial charge in [-0.3, -0.25) is 9.79 Å². The maximum Gasteiger partial charge on any atom is 0.410 e. The van der Waals surface area contributed by atoms with Gasteiger partial charge in [0.05, 0.1) is 12.6 Å². The van der Waals surface area contributed by atoms with E-state index in [0.717, 1.165) is 0 Å². The molecule has 0 bridgehead atoms. The maximum absolute atomic E-state index is 11.9. The summed E-state index contributed by atoms with van der Waals surface area (Å²) in [5, 5.41) is 9.01. The molecule has 2 amide bonds. The van der Waals surface area contributed by atoms with Crippen molar-refractivity contribution in [2.45, 2.75) is 58.7 Å². The Kier molecular flexibility index (Phi) is 8.97. The van der Waals surface area contributed by atoms with Crippen LogP contribution in [0.3, 0.4) is 0 Å². The highest BCUT2D eigenvalue weighted by molar-refractivity contribution is 14.0. The minimum atomic E-state index is -0.492. The number of carbonyl (C=O) groups excluding carboxylic acids is 2. The fraction of sp³-hybridized carbons (Fsp3) is 0.812. The van der Waals surface area contributed by atoms with Crippen LogP contribution in [-0.4, -0.2) is 66.7 Å². The zero-order valence-electron chi connectivity index (χ0n) is 16.2. The van der Waals surface area contributed by atoms with Crippen molar-refractivity contribution >= 4 is 41.9 Å². The predicted molar refractivity (Wildman–Crippen MR) is 109 cm³/mol. The van der Waals surface area contributed by atoms with E-state index in [1.807, 2.05) is 41.5 Å². The summed E-state index contributed by atoms with van der Waals surface area (Å²) in [6, 6.07) is 0.0920. The van der Waals surface area contributed by atoms with Gasteiger partial charge in [0.15, 0.2) is 5.96 Å². The number of nitrogens with zero attached hydrogens (tertiary/aromatic N) is 2. The van der Waals surface area contributed by atoms with Crippen molar-refractivity contribution in [3.05, 3.63) is 0 Å². The first-order valence-corrected chi connectivity index (χ1v) is 8.16. The van der Waals surface area contributed by atoms with Crippen LogP contribution >= 0.6 is 24.0 Å². The Morgan fingerprint density at radius 2 is 1.72 bits per heavy atom. The van der Waals surface area contributed by atoms with Crippen LogP contribution in [0.15, 0.2) is 4.99 Å². The van der Waals surface area contributed by atoms with Crippen molar-refractivity contribution in [1.29, 1.82) is 0 Å². The molecule has 0 atom stereocenters. The topological polar surface area (TPSA) is 95.1 Å². The van der Waals surface area contributed by atoms with Gasteiger partial charge in [-0.2, -0.15) is 0 Å². The van der Waals surface area contributed by atoms with Crippen molar-refractivity contribution < 1.29 is 14.3 Å². The molecule has 0 aliphatic carbocycles. The van der Waals surface area contributed by atoms with Crippen LogP contribution in [0, 0.1) is 0 Å². The smallest absolute Gasteiger partial charge is 0.410 e. The Bertz CT molecular complexity index is 491. The van der Waals surface area contributed by atoms with E-state index in [0.29, 0.717) is 19.0 Å². The number of guanidine groups is 1. The molecule has 8 nitrogen and oxygen atoms in total. The molecule has 0 aromatic carbocycles. The molecule has 1 saturated heterocycles. The number of halogens is 1. The van der Waals surface area contributed by atoms with Crippen LogP contribution in [-0.2, 0) is 9.53 Å². The van der Waals surface area contributed by atoms with E-state index in [1.165, 1.54) is 0 Å². The number of likely N-dealkylation sites (tertiary alicyclic amines) is 1. The lowest BCUT2D eigenvalue weighted by molar-refractivity contribution is -0.121. The summed E-state index contributed by atoms with van der Waals surface area (Å²) < 4.78 is 5.31. The van der Waals surface area contributed by atoms with Crippen molar-refractivity contribution in [2.75, 3.05) is 26.7 Å². The summed E-state index contributed by atoms with van der Waals surface area (Å²) in [6.07, 6.45) is -0.312. The van der Waals surface area contributed by atoms with Crippen LogP contribution in [0.25, 0.3) is 0 Å². The Labute approximate surface area is 167 Å². The van der Waals surface area contributed by atoms with Gasteiger partial charge >= 0.3 is 6.09 Å². The van der Waals surface area contributed by atoms with Gasteiger partial charge in [0.2, 0.25) is 5.91 Å². The number of nitrogens with one attached hydrogen (secondary N) is 3. The van der Waals surface area contributed by atoms with Crippen molar-refractivity contribution in [3.8, 4) is 0 Å². The summed E-state index contributed by atoms with van der Waals surface area (Å²) in [4.78, 5) is 29.4. The second-order valence-corrected chi connectivity index (χ2v) is 7.95. The SMILES string of the molecule is CN=C(NCC(=O)NC(C)(C)C)NC1CN(C(=O)OC(C)(C)C)C1.I. The first-order chi connectivity index (χ1) is 10.9. The molecule has 1 aliphatic rings. The number of amides is 2. The highest BCUT2D eigenvalue weighted by atomic mass is 127. The molecular weight excluding hydrogens is 437 g/mol. The number of aliphatic imine (C=N–C) groups is 1. The third-order valence-electron chi connectivity index (χ3n) is 3.03. The van der Waals surface area contributed by atoms with Crippen LogP contribution in [0.1, 0.15) is 41.5 Å². The molecule has 0 aromatic rings. The largest absolute Gasteiger partial charge is 0.444 e. The molecule has 0 aromatic heterocycles. The normalized spacial score (nSPS) is 15.6. The van der Waals surface area contributed by atoms with E-state index < -0.39 is 5.60 Å². The minimum Gasteiger partial charge on any atom is -0.444 e. The highest BCUT2D eigenvalue weighted by Gasteiger charge is 2.34. The lowest BCUT2D eigenvalue weighted by atomic mass is 10.1. The molecule has 1 rings (SSSR count). The van der Waals surface area contributed by atoms with Gasteiger partial charge < -0.3 is 25.6 Å². The van der Waals surface area contributed by atoms with E-state index in [4.69, 9.17) is 4.74 Å². The van der Waals surface area contributed by atoms with Gasteiger partial charge in [0.1, 0.15) is 5.60 Å². The second kappa shape index (κ2) is 9.44.